The van der Waals surface area contributed by atoms with Crippen molar-refractivity contribution in [2.45, 2.75) is 6.92 Å². The molecular formula is C15H12FN3O. The van der Waals surface area contributed by atoms with Crippen LogP contribution in [0, 0.1) is 5.82 Å². The number of imidazole rings is 1. The Kier molecular flexibility index (Phi) is 2.75. The van der Waals surface area contributed by atoms with Gasteiger partial charge in [0.15, 0.2) is 11.4 Å². The Hall–Kier alpha value is -2.69. The van der Waals surface area contributed by atoms with Crippen molar-refractivity contribution in [3.05, 3.63) is 54.1 Å². The van der Waals surface area contributed by atoms with E-state index in [2.05, 4.69) is 4.98 Å². The van der Waals surface area contributed by atoms with Crippen LogP contribution >= 0.6 is 0 Å². The summed E-state index contributed by atoms with van der Waals surface area (Å²) in [6.07, 6.45) is 1.74. The number of fused-ring (bicyclic) bond motifs is 1. The fraction of sp³-hybridized carbons (Fsp3) is 0.0667. The minimum atomic E-state index is -0.332. The van der Waals surface area contributed by atoms with Gasteiger partial charge in [-0.1, -0.05) is 0 Å². The van der Waals surface area contributed by atoms with Gasteiger partial charge in [0.1, 0.15) is 17.2 Å². The van der Waals surface area contributed by atoms with Gasteiger partial charge in [-0.3, -0.25) is 9.20 Å². The first-order valence-electron chi connectivity index (χ1n) is 6.11. The largest absolute Gasteiger partial charge is 0.396 e. The van der Waals surface area contributed by atoms with Gasteiger partial charge in [-0.2, -0.15) is 0 Å². The fourth-order valence-electron chi connectivity index (χ4n) is 2.23. The molecule has 0 aliphatic heterocycles. The van der Waals surface area contributed by atoms with Gasteiger partial charge >= 0.3 is 0 Å². The van der Waals surface area contributed by atoms with Crippen LogP contribution in [0.3, 0.4) is 0 Å². The Balaban J connectivity index is 2.35. The summed E-state index contributed by atoms with van der Waals surface area (Å²) >= 11 is 0. The molecule has 0 saturated heterocycles. The quantitative estimate of drug-likeness (QED) is 0.728. The molecular weight excluding hydrogens is 257 g/mol. The van der Waals surface area contributed by atoms with E-state index in [1.54, 1.807) is 34.9 Å². The molecule has 0 radical (unpaired) electrons. The standard InChI is InChI=1S/C15H12FN3O/c1-9(20)14-13(10-4-6-11(16)7-5-10)18-15-12(17)3-2-8-19(14)15/h2-8H,17H2,1H3. The SMILES string of the molecule is CC(=O)c1c(-c2ccc(F)cc2)nc2c(N)cccn12. The molecule has 0 unspecified atom stereocenters. The third kappa shape index (κ3) is 1.84. The zero-order valence-corrected chi connectivity index (χ0v) is 10.8. The van der Waals surface area contributed by atoms with Crippen LogP contribution in [0.2, 0.25) is 0 Å². The van der Waals surface area contributed by atoms with Crippen molar-refractivity contribution in [3.8, 4) is 11.3 Å². The van der Waals surface area contributed by atoms with E-state index in [-0.39, 0.29) is 11.6 Å². The first kappa shape index (κ1) is 12.3. The smallest absolute Gasteiger partial charge is 0.178 e. The summed E-state index contributed by atoms with van der Waals surface area (Å²) < 4.78 is 14.7. The molecule has 2 aromatic heterocycles. The van der Waals surface area contributed by atoms with E-state index in [0.717, 1.165) is 0 Å². The minimum absolute atomic E-state index is 0.123. The van der Waals surface area contributed by atoms with E-state index in [0.29, 0.717) is 28.3 Å². The fourth-order valence-corrected chi connectivity index (χ4v) is 2.23. The number of pyridine rings is 1. The van der Waals surface area contributed by atoms with Gasteiger partial charge in [0.05, 0.1) is 5.69 Å². The topological polar surface area (TPSA) is 60.4 Å². The average molecular weight is 269 g/mol. The first-order chi connectivity index (χ1) is 9.58. The van der Waals surface area contributed by atoms with Crippen molar-refractivity contribution in [1.29, 1.82) is 0 Å². The second-order valence-corrected chi connectivity index (χ2v) is 4.53. The number of benzene rings is 1. The molecule has 1 aromatic carbocycles. The molecule has 0 aliphatic rings. The average Bonchev–Trinajstić information content (AvgIpc) is 2.80. The Morgan fingerprint density at radius 3 is 2.60 bits per heavy atom. The van der Waals surface area contributed by atoms with E-state index in [1.165, 1.54) is 19.1 Å². The van der Waals surface area contributed by atoms with E-state index < -0.39 is 0 Å². The molecule has 0 saturated carbocycles. The Morgan fingerprint density at radius 1 is 1.25 bits per heavy atom. The maximum atomic E-state index is 13.0. The van der Waals surface area contributed by atoms with E-state index >= 15 is 0 Å². The molecule has 0 fully saturated rings. The number of hydrogen-bond acceptors (Lipinski definition) is 3. The maximum Gasteiger partial charge on any atom is 0.178 e. The summed E-state index contributed by atoms with van der Waals surface area (Å²) in [5.74, 6) is -0.455. The minimum Gasteiger partial charge on any atom is -0.396 e. The van der Waals surface area contributed by atoms with Crippen LogP contribution in [0.5, 0.6) is 0 Å². The summed E-state index contributed by atoms with van der Waals surface area (Å²) in [5, 5.41) is 0. The van der Waals surface area contributed by atoms with E-state index in [4.69, 9.17) is 5.73 Å². The van der Waals surface area contributed by atoms with Crippen LogP contribution < -0.4 is 5.73 Å². The van der Waals surface area contributed by atoms with Crippen molar-refractivity contribution in [1.82, 2.24) is 9.38 Å². The van der Waals surface area contributed by atoms with Crippen molar-refractivity contribution in [2.75, 3.05) is 5.73 Å². The number of halogens is 1. The normalized spacial score (nSPS) is 10.9. The van der Waals surface area contributed by atoms with Gasteiger partial charge in [-0.05, 0) is 36.4 Å². The molecule has 4 nitrogen and oxygen atoms in total. The van der Waals surface area contributed by atoms with Crippen LogP contribution in [0.1, 0.15) is 17.4 Å². The highest BCUT2D eigenvalue weighted by atomic mass is 19.1. The van der Waals surface area contributed by atoms with Crippen molar-refractivity contribution in [3.63, 3.8) is 0 Å². The van der Waals surface area contributed by atoms with E-state index in [9.17, 15) is 9.18 Å². The van der Waals surface area contributed by atoms with Gasteiger partial charge in [-0.15, -0.1) is 0 Å². The molecule has 3 aromatic rings. The predicted molar refractivity (Wildman–Crippen MR) is 75.0 cm³/mol. The van der Waals surface area contributed by atoms with Crippen LogP contribution in [0.15, 0.2) is 42.6 Å². The number of carbonyl (C=O) groups excluding carboxylic acids is 1. The maximum absolute atomic E-state index is 13.0. The highest BCUT2D eigenvalue weighted by Gasteiger charge is 2.18. The van der Waals surface area contributed by atoms with Crippen LogP contribution in [0.25, 0.3) is 16.9 Å². The van der Waals surface area contributed by atoms with Gasteiger partial charge in [0, 0.05) is 18.7 Å². The number of Topliss-reactive ketones (excluding diaryl/α,β-unsaturated/α-hetero) is 1. The summed E-state index contributed by atoms with van der Waals surface area (Å²) in [7, 11) is 0. The number of nitrogen functional groups attached to an aromatic ring is 1. The highest BCUT2D eigenvalue weighted by Crippen LogP contribution is 2.27. The summed E-state index contributed by atoms with van der Waals surface area (Å²) in [5.41, 5.74) is 8.53. The van der Waals surface area contributed by atoms with Gasteiger partial charge in [0.2, 0.25) is 0 Å². The van der Waals surface area contributed by atoms with Crippen LogP contribution in [-0.2, 0) is 0 Å². The number of carbonyl (C=O) groups is 1. The molecule has 3 rings (SSSR count). The van der Waals surface area contributed by atoms with Gasteiger partial charge in [-0.25, -0.2) is 9.37 Å². The number of nitrogens with two attached hydrogens (primary N) is 1. The van der Waals surface area contributed by atoms with Crippen molar-refractivity contribution in [2.24, 2.45) is 0 Å². The molecule has 100 valence electrons. The number of anilines is 1. The molecule has 0 amide bonds. The Labute approximate surface area is 114 Å². The second-order valence-electron chi connectivity index (χ2n) is 4.53. The zero-order valence-electron chi connectivity index (χ0n) is 10.8. The molecule has 2 N–H and O–H groups in total. The van der Waals surface area contributed by atoms with Gasteiger partial charge in [0.25, 0.3) is 0 Å². The first-order valence-corrected chi connectivity index (χ1v) is 6.11. The van der Waals surface area contributed by atoms with E-state index in [1.807, 2.05) is 0 Å². The van der Waals surface area contributed by atoms with Crippen LogP contribution in [0.4, 0.5) is 10.1 Å². The summed E-state index contributed by atoms with van der Waals surface area (Å²) in [6.45, 7) is 1.47. The molecule has 0 atom stereocenters. The third-order valence-electron chi connectivity index (χ3n) is 3.13. The molecule has 0 aliphatic carbocycles. The predicted octanol–water partition coefficient (Wildman–Crippen LogP) is 2.93. The monoisotopic (exact) mass is 269 g/mol. The lowest BCUT2D eigenvalue weighted by Gasteiger charge is -2.01. The molecule has 20 heavy (non-hydrogen) atoms. The second kappa shape index (κ2) is 4.45. The lowest BCUT2D eigenvalue weighted by molar-refractivity contribution is 0.101. The Morgan fingerprint density at radius 2 is 1.95 bits per heavy atom. The highest BCUT2D eigenvalue weighted by molar-refractivity contribution is 6.00. The summed E-state index contributed by atoms with van der Waals surface area (Å²) in [6, 6.07) is 9.35. The van der Waals surface area contributed by atoms with Crippen LogP contribution in [-0.4, -0.2) is 15.2 Å². The lowest BCUT2D eigenvalue weighted by Crippen LogP contribution is -2.01. The molecule has 2 heterocycles. The zero-order chi connectivity index (χ0) is 14.3. The Bertz CT molecular complexity index is 806. The molecule has 5 heteroatoms. The number of nitrogens with zero attached hydrogens (tertiary/aromatic N) is 2. The summed E-state index contributed by atoms with van der Waals surface area (Å²) in [4.78, 5) is 16.3. The lowest BCUT2D eigenvalue weighted by atomic mass is 10.1. The number of rotatable bonds is 2. The third-order valence-corrected chi connectivity index (χ3v) is 3.13. The number of ketones is 1. The molecule has 0 bridgehead atoms. The molecule has 0 spiro atoms. The number of aromatic nitrogens is 2. The van der Waals surface area contributed by atoms with Gasteiger partial charge < -0.3 is 5.73 Å². The van der Waals surface area contributed by atoms with Crippen molar-refractivity contribution >= 4 is 17.1 Å². The van der Waals surface area contributed by atoms with Crippen molar-refractivity contribution < 1.29 is 9.18 Å². The number of hydrogen-bond donors (Lipinski definition) is 1.